The summed E-state index contributed by atoms with van der Waals surface area (Å²) in [5.41, 5.74) is 16.9. The summed E-state index contributed by atoms with van der Waals surface area (Å²) >= 11 is 0. The predicted molar refractivity (Wildman–Crippen MR) is 490 cm³/mol. The van der Waals surface area contributed by atoms with E-state index in [9.17, 15) is 51.1 Å². The molecule has 4 aromatic heterocycles. The van der Waals surface area contributed by atoms with E-state index in [0.29, 0.717) is 147 Å². The van der Waals surface area contributed by atoms with Crippen LogP contribution in [0.15, 0.2) is 164 Å². The monoisotopic (exact) mass is 1790 g/mol. The van der Waals surface area contributed by atoms with E-state index in [-0.39, 0.29) is 96.8 Å². The van der Waals surface area contributed by atoms with Crippen LogP contribution in [-0.4, -0.2) is 165 Å². The molecule has 4 aliphatic carbocycles. The molecule has 682 valence electrons. The smallest absolute Gasteiger partial charge is 0.258 e. The maximum absolute atomic E-state index is 12.6. The molecular weight excluding hydrogens is 1690 g/mol. The minimum absolute atomic E-state index is 0.0200. The van der Waals surface area contributed by atoms with Crippen LogP contribution < -0.4 is 29.6 Å². The Morgan fingerprint density at radius 1 is 0.414 bits per heavy atom. The van der Waals surface area contributed by atoms with Gasteiger partial charge in [0.05, 0.1) is 78.6 Å². The van der Waals surface area contributed by atoms with Gasteiger partial charge in [0.2, 0.25) is 35.1 Å². The zero-order chi connectivity index (χ0) is 93.0. The first kappa shape index (κ1) is 91.1. The molecule has 4 aliphatic heterocycles. The molecule has 20 rings (SSSR count). The molecule has 2 unspecified atom stereocenters. The highest BCUT2D eigenvalue weighted by Crippen LogP contribution is 2.54. The van der Waals surface area contributed by atoms with Crippen molar-refractivity contribution >= 4 is 11.8 Å². The van der Waals surface area contributed by atoms with Gasteiger partial charge in [-0.2, -0.15) is 41.0 Å². The van der Waals surface area contributed by atoms with Crippen molar-refractivity contribution < 1.29 is 67.1 Å². The number of aliphatic hydroxyl groups excluding tert-OH is 4. The lowest BCUT2D eigenvalue weighted by Gasteiger charge is -2.36. The molecule has 0 bridgehead atoms. The summed E-state index contributed by atoms with van der Waals surface area (Å²) in [5.74, 6) is 5.78. The van der Waals surface area contributed by atoms with Gasteiger partial charge in [0.15, 0.2) is 0 Å². The second-order valence-corrected chi connectivity index (χ2v) is 36.4. The van der Waals surface area contributed by atoms with Gasteiger partial charge in [-0.3, -0.25) is 9.59 Å². The highest BCUT2D eigenvalue weighted by Gasteiger charge is 2.52. The molecule has 6 N–H and O–H groups in total. The largest absolute Gasteiger partial charge is 0.490 e. The number of carbonyl (C=O) groups is 2. The predicted octanol–water partition coefficient (Wildman–Crippen LogP) is 15.6. The molecule has 0 saturated carbocycles. The maximum atomic E-state index is 12.6. The van der Waals surface area contributed by atoms with Gasteiger partial charge in [0, 0.05) is 106 Å². The van der Waals surface area contributed by atoms with Gasteiger partial charge < -0.3 is 77.9 Å². The molecular formula is C103H106N16O14. The Hall–Kier alpha value is -13.8. The number of rotatable bonds is 22. The molecule has 8 aliphatic rings. The Bertz CT molecular complexity index is 6360. The van der Waals surface area contributed by atoms with Gasteiger partial charge in [-0.05, 0) is 263 Å². The molecule has 4 saturated heterocycles. The fraction of sp³-hybridized carbons (Fsp3) is 0.398. The third-order valence-electron chi connectivity index (χ3n) is 26.6. The second-order valence-electron chi connectivity index (χ2n) is 36.4. The van der Waals surface area contributed by atoms with E-state index in [2.05, 4.69) is 99.7 Å². The summed E-state index contributed by atoms with van der Waals surface area (Å²) in [4.78, 5) is 47.4. The highest BCUT2D eigenvalue weighted by molar-refractivity contribution is 5.83. The van der Waals surface area contributed by atoms with Crippen molar-refractivity contribution in [1.29, 1.82) is 21.0 Å². The van der Waals surface area contributed by atoms with E-state index < -0.39 is 0 Å². The molecule has 30 heteroatoms. The van der Waals surface area contributed by atoms with Gasteiger partial charge in [0.1, 0.15) is 47.3 Å². The van der Waals surface area contributed by atoms with E-state index in [0.717, 1.165) is 129 Å². The number of carbonyl (C=O) groups excluding carboxylic acids is 2. The molecule has 0 radical (unpaired) electrons. The average Bonchev–Trinajstić information content (AvgIpc) is 1.57. The van der Waals surface area contributed by atoms with Crippen molar-refractivity contribution in [3.05, 3.63) is 212 Å². The molecule has 4 spiro atoms. The Morgan fingerprint density at radius 3 is 1.11 bits per heavy atom. The van der Waals surface area contributed by atoms with E-state index in [1.54, 1.807) is 59.5 Å². The standard InChI is InChI=1S/C27H28N4O4.C26H26N4O4.2C25H26N4O3/c1-17(2)34-23-9-8-18(13-19(23)15-28)26-29-25(30-35-26)21-5-3-7-22-20(21)6-4-10-27(22)14-24(33)31(16-27)11-12-32;1-16(2)33-22-7-6-17(14-18(22)15-27)25-28-24(29-34-25)20-4-3-5-21-19(20)8-10-26(21)11-9-23(32)30(26)12-13-31;2*1-15(2)31-22-7-6-16(12-17(22)13-26)24-27-23(29-32-24)20-4-3-5-21-19(20)9-11-25(21)10-8-18(14-30)28-25/h3,5,7-9,13,17,32H,4,6,10-12,14,16H2,1-2H3;3-7,14,16,31H,8-13H2,1-2H3;2*3-7,12,15,18,28,30H,8-11,14H2,1-2H3/t27-;26-;2*18?,25-/m1010/s1. The van der Waals surface area contributed by atoms with Crippen LogP contribution in [0, 0.1) is 45.3 Å². The Kier molecular flexibility index (Phi) is 26.4. The van der Waals surface area contributed by atoms with Crippen LogP contribution in [0.25, 0.3) is 91.4 Å². The minimum atomic E-state index is -0.369. The fourth-order valence-corrected chi connectivity index (χ4v) is 20.9. The quantitative estimate of drug-likeness (QED) is 0.0367. The number of nitrogens with zero attached hydrogens (tertiary/aromatic N) is 14. The van der Waals surface area contributed by atoms with E-state index in [1.165, 1.54) is 27.8 Å². The summed E-state index contributed by atoms with van der Waals surface area (Å²) in [7, 11) is 0. The Labute approximate surface area is 770 Å². The molecule has 133 heavy (non-hydrogen) atoms. The number of nitrogens with one attached hydrogen (secondary N) is 2. The van der Waals surface area contributed by atoms with Crippen molar-refractivity contribution in [3.63, 3.8) is 0 Å². The fourth-order valence-electron chi connectivity index (χ4n) is 20.9. The third kappa shape index (κ3) is 18.1. The lowest BCUT2D eigenvalue weighted by atomic mass is 9.68. The number of benzene rings is 8. The number of fused-ring (bicyclic) bond motifs is 8. The normalized spacial score (nSPS) is 20.5. The van der Waals surface area contributed by atoms with Gasteiger partial charge in [-0.15, -0.1) is 0 Å². The van der Waals surface area contributed by atoms with Crippen LogP contribution >= 0.6 is 0 Å². The average molecular weight is 1790 g/mol. The molecule has 2 amide bonds. The summed E-state index contributed by atoms with van der Waals surface area (Å²) < 4.78 is 45.1. The van der Waals surface area contributed by atoms with Gasteiger partial charge in [0.25, 0.3) is 23.6 Å². The number of amides is 2. The topological polar surface area (TPSA) is 433 Å². The lowest BCUT2D eigenvalue weighted by molar-refractivity contribution is -0.132. The van der Waals surface area contributed by atoms with E-state index in [1.807, 2.05) is 127 Å². The van der Waals surface area contributed by atoms with Crippen LogP contribution in [0.1, 0.15) is 199 Å². The van der Waals surface area contributed by atoms with Crippen LogP contribution in [-0.2, 0) is 57.3 Å². The number of hydrogen-bond acceptors (Lipinski definition) is 28. The Balaban J connectivity index is 0.000000124. The Morgan fingerprint density at radius 2 is 0.759 bits per heavy atom. The number of ether oxygens (including phenoxy) is 4. The molecule has 6 atom stereocenters. The van der Waals surface area contributed by atoms with Crippen LogP contribution in [0.2, 0.25) is 0 Å². The van der Waals surface area contributed by atoms with Gasteiger partial charge in [-0.1, -0.05) is 93.4 Å². The summed E-state index contributed by atoms with van der Waals surface area (Å²) in [6, 6.07) is 54.7. The molecule has 30 nitrogen and oxygen atoms in total. The highest BCUT2D eigenvalue weighted by atomic mass is 16.5. The van der Waals surface area contributed by atoms with Crippen LogP contribution in [0.5, 0.6) is 23.0 Å². The third-order valence-corrected chi connectivity index (χ3v) is 26.6. The van der Waals surface area contributed by atoms with Gasteiger partial charge >= 0.3 is 0 Å². The second kappa shape index (κ2) is 38.5. The maximum Gasteiger partial charge on any atom is 0.258 e. The number of hydrogen-bond donors (Lipinski definition) is 6. The van der Waals surface area contributed by atoms with E-state index in [4.69, 9.17) is 37.0 Å². The van der Waals surface area contributed by atoms with Crippen LogP contribution in [0.4, 0.5) is 0 Å². The first-order chi connectivity index (χ1) is 64.4. The molecule has 12 aromatic rings. The molecule has 4 fully saturated rings. The van der Waals surface area contributed by atoms with E-state index >= 15 is 0 Å². The number of aliphatic hydroxyl groups is 4. The van der Waals surface area contributed by atoms with Crippen molar-refractivity contribution in [3.8, 4) is 139 Å². The summed E-state index contributed by atoms with van der Waals surface area (Å²) in [6.45, 7) is 16.9. The number of nitriles is 4. The summed E-state index contributed by atoms with van der Waals surface area (Å²) in [6.07, 6.45) is 13.9. The number of β-amino-alcohol motifs (C(OH)–C–C–N with tert-alkyl or cyclic N) is 2. The van der Waals surface area contributed by atoms with Crippen molar-refractivity contribution in [2.24, 2.45) is 0 Å². The number of likely N-dealkylation sites (tertiary alicyclic amines) is 2. The first-order valence-corrected chi connectivity index (χ1v) is 45.7. The molecule has 8 aromatic carbocycles. The minimum Gasteiger partial charge on any atom is -0.490 e. The zero-order valence-corrected chi connectivity index (χ0v) is 75.7. The SMILES string of the molecule is CC(C)Oc1ccc(-c2nc(-c3cccc4c3CCC[C@]43CC(=O)N(CCO)C3)no2)cc1C#N.CC(C)Oc1ccc(-c2nc(-c3cccc4c3CC[C@@]43CCC(CO)N3)no2)cc1C#N.CC(C)Oc1ccc(-c2nc(-c3cccc4c3CC[C@]43CCC(=O)N3CCO)no2)cc1C#N.CC(C)Oc1ccc(-c2nc(-c3cccc4c3CC[C@]43CCC(CO)N3)no2)cc1C#N. The first-order valence-electron chi connectivity index (χ1n) is 45.7. The van der Waals surface area contributed by atoms with Gasteiger partial charge in [-0.25, -0.2) is 0 Å². The van der Waals surface area contributed by atoms with Crippen molar-refractivity contribution in [2.45, 2.75) is 217 Å². The lowest BCUT2D eigenvalue weighted by Crippen LogP contribution is -2.43. The molecule has 8 heterocycles. The zero-order valence-electron chi connectivity index (χ0n) is 75.7. The van der Waals surface area contributed by atoms with Crippen LogP contribution in [0.3, 0.4) is 0 Å². The number of aromatic nitrogens is 8. The summed E-state index contributed by atoms with van der Waals surface area (Å²) in [5, 5.41) is 100. The van der Waals surface area contributed by atoms with Crippen molar-refractivity contribution in [1.82, 2.24) is 61.0 Å². The van der Waals surface area contributed by atoms with Crippen molar-refractivity contribution in [2.75, 3.05) is 46.1 Å².